The van der Waals surface area contributed by atoms with Gasteiger partial charge in [0.25, 0.3) is 0 Å². The zero-order valence-electron chi connectivity index (χ0n) is 12.1. The lowest BCUT2D eigenvalue weighted by Crippen LogP contribution is -2.42. The van der Waals surface area contributed by atoms with Crippen LogP contribution in [0.2, 0.25) is 0 Å². The number of nitriles is 1. The quantitative estimate of drug-likeness (QED) is 0.834. The van der Waals surface area contributed by atoms with Crippen LogP contribution in [-0.4, -0.2) is 18.7 Å². The molecule has 0 radical (unpaired) electrons. The van der Waals surface area contributed by atoms with Crippen molar-refractivity contribution in [2.45, 2.75) is 38.4 Å². The predicted octanol–water partition coefficient (Wildman–Crippen LogP) is 3.76. The fourth-order valence-corrected chi connectivity index (χ4v) is 1.78. The van der Waals surface area contributed by atoms with E-state index in [1.807, 2.05) is 6.92 Å². The number of alkyl halides is 3. The molecule has 0 heterocycles. The predicted molar refractivity (Wildman–Crippen MR) is 73.9 cm³/mol. The second kappa shape index (κ2) is 7.32. The van der Waals surface area contributed by atoms with Crippen LogP contribution >= 0.6 is 0 Å². The van der Waals surface area contributed by atoms with Crippen molar-refractivity contribution >= 4 is 0 Å². The van der Waals surface area contributed by atoms with Crippen molar-refractivity contribution in [3.8, 4) is 11.8 Å². The summed E-state index contributed by atoms with van der Waals surface area (Å²) in [5.41, 5.74) is -1.60. The first-order valence-corrected chi connectivity index (χ1v) is 6.77. The molecule has 1 unspecified atom stereocenters. The maximum absolute atomic E-state index is 12.8. The van der Waals surface area contributed by atoms with Gasteiger partial charge in [0.2, 0.25) is 0 Å². The van der Waals surface area contributed by atoms with Gasteiger partial charge < -0.3 is 4.74 Å². The Morgan fingerprint density at radius 2 is 1.95 bits per heavy atom. The maximum Gasteiger partial charge on any atom is 0.419 e. The average Bonchev–Trinajstić information content (AvgIpc) is 2.44. The fourth-order valence-electron chi connectivity index (χ4n) is 1.78. The van der Waals surface area contributed by atoms with Crippen molar-refractivity contribution in [1.82, 2.24) is 5.32 Å². The number of para-hydroxylation sites is 1. The van der Waals surface area contributed by atoms with Crippen LogP contribution in [0.1, 0.15) is 32.3 Å². The van der Waals surface area contributed by atoms with Crippen LogP contribution in [0, 0.1) is 11.3 Å². The first-order chi connectivity index (χ1) is 9.82. The van der Waals surface area contributed by atoms with Gasteiger partial charge in [-0.05, 0) is 32.0 Å². The molecule has 0 aromatic heterocycles. The Morgan fingerprint density at radius 3 is 2.52 bits per heavy atom. The van der Waals surface area contributed by atoms with E-state index in [1.165, 1.54) is 18.2 Å². The van der Waals surface area contributed by atoms with Crippen molar-refractivity contribution in [3.63, 3.8) is 0 Å². The number of benzene rings is 1. The minimum atomic E-state index is -4.45. The van der Waals surface area contributed by atoms with E-state index in [2.05, 4.69) is 11.4 Å². The van der Waals surface area contributed by atoms with E-state index in [9.17, 15) is 13.2 Å². The van der Waals surface area contributed by atoms with Crippen molar-refractivity contribution in [1.29, 1.82) is 5.26 Å². The van der Waals surface area contributed by atoms with E-state index in [0.717, 1.165) is 12.5 Å². The van der Waals surface area contributed by atoms with Gasteiger partial charge in [-0.15, -0.1) is 0 Å². The van der Waals surface area contributed by atoms with Crippen LogP contribution in [0.4, 0.5) is 13.2 Å². The molecule has 0 aliphatic rings. The smallest absolute Gasteiger partial charge is 0.419 e. The number of nitrogens with one attached hydrogen (secondary N) is 1. The summed E-state index contributed by atoms with van der Waals surface area (Å²) in [5, 5.41) is 12.2. The first-order valence-electron chi connectivity index (χ1n) is 6.77. The molecule has 3 nitrogen and oxygen atoms in total. The molecule has 0 saturated carbocycles. The molecule has 0 aliphatic carbocycles. The molecule has 0 aliphatic heterocycles. The molecule has 116 valence electrons. The molecule has 1 aromatic rings. The Labute approximate surface area is 122 Å². The van der Waals surface area contributed by atoms with Gasteiger partial charge in [0.15, 0.2) is 0 Å². The van der Waals surface area contributed by atoms with Gasteiger partial charge >= 0.3 is 6.18 Å². The van der Waals surface area contributed by atoms with E-state index in [0.29, 0.717) is 13.0 Å². The van der Waals surface area contributed by atoms with Crippen molar-refractivity contribution in [2.24, 2.45) is 0 Å². The van der Waals surface area contributed by atoms with Crippen molar-refractivity contribution in [3.05, 3.63) is 29.8 Å². The van der Waals surface area contributed by atoms with E-state index >= 15 is 0 Å². The molecule has 1 N–H and O–H groups in total. The molecular formula is C15H19F3N2O. The normalized spacial score (nSPS) is 14.3. The lowest BCUT2D eigenvalue weighted by Gasteiger charge is -2.23. The van der Waals surface area contributed by atoms with Gasteiger partial charge in [-0.2, -0.15) is 18.4 Å². The largest absolute Gasteiger partial charge is 0.493 e. The van der Waals surface area contributed by atoms with Crippen LogP contribution in [0.5, 0.6) is 5.75 Å². The number of halogens is 3. The van der Waals surface area contributed by atoms with E-state index < -0.39 is 17.3 Å². The van der Waals surface area contributed by atoms with E-state index in [-0.39, 0.29) is 12.4 Å². The summed E-state index contributed by atoms with van der Waals surface area (Å²) in [6, 6.07) is 7.20. The first kappa shape index (κ1) is 17.3. The highest BCUT2D eigenvalue weighted by atomic mass is 19.4. The van der Waals surface area contributed by atoms with Gasteiger partial charge in [0.05, 0.1) is 18.2 Å². The fraction of sp³-hybridized carbons (Fsp3) is 0.533. The van der Waals surface area contributed by atoms with Gasteiger partial charge in [0, 0.05) is 6.42 Å². The summed E-state index contributed by atoms with van der Waals surface area (Å²) in [4.78, 5) is 0. The van der Waals surface area contributed by atoms with E-state index in [4.69, 9.17) is 10.00 Å². The monoisotopic (exact) mass is 300 g/mol. The molecule has 0 bridgehead atoms. The second-order valence-electron chi connectivity index (χ2n) is 4.96. The van der Waals surface area contributed by atoms with E-state index in [1.54, 1.807) is 6.92 Å². The molecule has 0 amide bonds. The average molecular weight is 300 g/mol. The zero-order chi connectivity index (χ0) is 15.9. The number of nitrogens with zero attached hydrogens (tertiary/aromatic N) is 1. The molecule has 0 spiro atoms. The van der Waals surface area contributed by atoms with Crippen molar-refractivity contribution in [2.75, 3.05) is 13.2 Å². The third-order valence-electron chi connectivity index (χ3n) is 3.06. The molecule has 0 fully saturated rings. The Kier molecular flexibility index (Phi) is 6.03. The minimum Gasteiger partial charge on any atom is -0.493 e. The summed E-state index contributed by atoms with van der Waals surface area (Å²) in [7, 11) is 0. The number of rotatable bonds is 7. The topological polar surface area (TPSA) is 45.0 Å². The highest BCUT2D eigenvalue weighted by Gasteiger charge is 2.34. The highest BCUT2D eigenvalue weighted by Crippen LogP contribution is 2.35. The Bertz CT molecular complexity index is 496. The van der Waals surface area contributed by atoms with Crippen LogP contribution < -0.4 is 10.1 Å². The summed E-state index contributed by atoms with van der Waals surface area (Å²) in [6.45, 7) is 4.39. The van der Waals surface area contributed by atoms with Crippen LogP contribution in [0.15, 0.2) is 24.3 Å². The number of ether oxygens (including phenoxy) is 1. The van der Waals surface area contributed by atoms with Gasteiger partial charge in [-0.3, -0.25) is 5.32 Å². The lowest BCUT2D eigenvalue weighted by molar-refractivity contribution is -0.139. The molecule has 6 heteroatoms. The summed E-state index contributed by atoms with van der Waals surface area (Å²) < 4.78 is 43.6. The minimum absolute atomic E-state index is 0.0356. The van der Waals surface area contributed by atoms with Crippen LogP contribution in [0.25, 0.3) is 0 Å². The second-order valence-corrected chi connectivity index (χ2v) is 4.96. The van der Waals surface area contributed by atoms with Crippen LogP contribution in [0.3, 0.4) is 0 Å². The number of hydrogen-bond acceptors (Lipinski definition) is 3. The zero-order valence-corrected chi connectivity index (χ0v) is 12.1. The molecule has 21 heavy (non-hydrogen) atoms. The molecular weight excluding hydrogens is 281 g/mol. The van der Waals surface area contributed by atoms with Crippen LogP contribution in [-0.2, 0) is 6.18 Å². The molecule has 0 saturated heterocycles. The SMILES string of the molecule is CCCNC(C)(C#N)CCOc1ccccc1C(F)(F)F. The maximum atomic E-state index is 12.8. The third kappa shape index (κ3) is 5.27. The van der Waals surface area contributed by atoms with Gasteiger partial charge in [-0.25, -0.2) is 0 Å². The molecule has 1 rings (SSSR count). The standard InChI is InChI=1S/C15H19F3N2O/c1-3-9-20-14(2,11-19)8-10-21-13-7-5-4-6-12(13)15(16,17)18/h4-7,20H,3,8-10H2,1-2H3. The summed E-state index contributed by atoms with van der Waals surface area (Å²) >= 11 is 0. The third-order valence-corrected chi connectivity index (χ3v) is 3.06. The summed E-state index contributed by atoms with van der Waals surface area (Å²) in [5.74, 6) is -0.208. The summed E-state index contributed by atoms with van der Waals surface area (Å²) in [6.07, 6.45) is -3.28. The Morgan fingerprint density at radius 1 is 1.29 bits per heavy atom. The van der Waals surface area contributed by atoms with Gasteiger partial charge in [-0.1, -0.05) is 19.1 Å². The van der Waals surface area contributed by atoms with Crippen molar-refractivity contribution < 1.29 is 17.9 Å². The Hall–Kier alpha value is -1.74. The highest BCUT2D eigenvalue weighted by molar-refractivity contribution is 5.35. The number of hydrogen-bond donors (Lipinski definition) is 1. The Balaban J connectivity index is 2.66. The molecule has 1 atom stereocenters. The molecule has 1 aromatic carbocycles. The lowest BCUT2D eigenvalue weighted by atomic mass is 10.0. The van der Waals surface area contributed by atoms with Gasteiger partial charge in [0.1, 0.15) is 11.3 Å².